The molecule has 0 amide bonds. The first-order valence-corrected chi connectivity index (χ1v) is 8.62. The van der Waals surface area contributed by atoms with Crippen LogP contribution in [0.4, 0.5) is 0 Å². The van der Waals surface area contributed by atoms with Crippen molar-refractivity contribution >= 4 is 35.7 Å². The normalized spacial score (nSPS) is 12.0. The molecule has 0 aliphatic carbocycles. The van der Waals surface area contributed by atoms with Crippen molar-refractivity contribution in [3.63, 3.8) is 0 Å². The van der Waals surface area contributed by atoms with E-state index in [1.807, 2.05) is 18.5 Å². The van der Waals surface area contributed by atoms with E-state index < -0.39 is 9.05 Å². The second-order valence-corrected chi connectivity index (χ2v) is 7.33. The third kappa shape index (κ3) is 3.01. The number of aromatic nitrogens is 4. The van der Waals surface area contributed by atoms with Gasteiger partial charge in [-0.1, -0.05) is 0 Å². The van der Waals surface area contributed by atoms with Crippen LogP contribution in [0.25, 0.3) is 0 Å². The fraction of sp³-hybridized carbons (Fsp3) is 0.400. The van der Waals surface area contributed by atoms with Crippen LogP contribution < -0.4 is 0 Å². The minimum atomic E-state index is -3.74. The van der Waals surface area contributed by atoms with Gasteiger partial charge in [-0.2, -0.15) is 10.2 Å². The van der Waals surface area contributed by atoms with Crippen LogP contribution in [0.5, 0.6) is 0 Å². The highest BCUT2D eigenvalue weighted by Crippen LogP contribution is 2.22. The Morgan fingerprint density at radius 1 is 1.47 bits per heavy atom. The van der Waals surface area contributed by atoms with Crippen LogP contribution in [0, 0.1) is 6.92 Å². The van der Waals surface area contributed by atoms with Gasteiger partial charge in [0.15, 0.2) is 0 Å². The van der Waals surface area contributed by atoms with Crippen molar-refractivity contribution in [2.75, 3.05) is 0 Å². The molecule has 9 heteroatoms. The summed E-state index contributed by atoms with van der Waals surface area (Å²) in [4.78, 5) is -0.00965. The molecule has 0 saturated heterocycles. The third-order valence-electron chi connectivity index (χ3n) is 2.66. The van der Waals surface area contributed by atoms with Crippen molar-refractivity contribution in [2.24, 2.45) is 0 Å². The summed E-state index contributed by atoms with van der Waals surface area (Å²) >= 11 is 3.48. The van der Waals surface area contributed by atoms with Crippen LogP contribution in [0.2, 0.25) is 0 Å². The van der Waals surface area contributed by atoms with Gasteiger partial charge in [0.25, 0.3) is 9.05 Å². The molecule has 0 bridgehead atoms. The van der Waals surface area contributed by atoms with Crippen molar-refractivity contribution in [3.05, 3.63) is 28.3 Å². The predicted molar refractivity (Wildman–Crippen MR) is 74.7 cm³/mol. The third-order valence-corrected chi connectivity index (χ3v) is 5.00. The van der Waals surface area contributed by atoms with E-state index in [1.165, 1.54) is 17.1 Å². The second-order valence-electron chi connectivity index (χ2n) is 3.97. The Bertz CT molecular complexity index is 707. The average Bonchev–Trinajstić information content (AvgIpc) is 2.89. The molecule has 0 saturated carbocycles. The van der Waals surface area contributed by atoms with Crippen LogP contribution in [-0.2, 0) is 22.1 Å². The molecule has 6 nitrogen and oxygen atoms in total. The monoisotopic (exact) mass is 366 g/mol. The zero-order chi connectivity index (χ0) is 14.2. The minimum Gasteiger partial charge on any atom is -0.267 e. The van der Waals surface area contributed by atoms with Crippen LogP contribution >= 0.6 is 26.6 Å². The van der Waals surface area contributed by atoms with Crippen LogP contribution in [0.3, 0.4) is 0 Å². The van der Waals surface area contributed by atoms with Crippen LogP contribution in [0.1, 0.15) is 18.3 Å². The van der Waals surface area contributed by atoms with Gasteiger partial charge in [0.1, 0.15) is 4.90 Å². The highest BCUT2D eigenvalue weighted by Gasteiger charge is 2.16. The first kappa shape index (κ1) is 14.5. The highest BCUT2D eigenvalue weighted by atomic mass is 79.9. The lowest BCUT2D eigenvalue weighted by Crippen LogP contribution is -2.08. The zero-order valence-electron chi connectivity index (χ0n) is 10.3. The van der Waals surface area contributed by atoms with E-state index in [4.69, 9.17) is 10.7 Å². The predicted octanol–water partition coefficient (Wildman–Crippen LogP) is 2.15. The largest absolute Gasteiger partial charge is 0.267 e. The number of rotatable bonds is 4. The van der Waals surface area contributed by atoms with E-state index in [0.717, 1.165) is 22.4 Å². The lowest BCUT2D eigenvalue weighted by Gasteiger charge is -2.05. The number of hydrogen-bond donors (Lipinski definition) is 0. The smallest absolute Gasteiger partial charge is 0.264 e. The number of hydrogen-bond acceptors (Lipinski definition) is 4. The maximum absolute atomic E-state index is 11.2. The standard InChI is InChI=1S/C10H12BrClN4O2S/c1-3-16-9(10(11)7(2)14-16)6-15-5-8(4-13-15)19(12,17)18/h4-5H,3,6H2,1-2H3. The molecule has 0 radical (unpaired) electrons. The van der Waals surface area contributed by atoms with Crippen molar-refractivity contribution in [1.29, 1.82) is 0 Å². The summed E-state index contributed by atoms with van der Waals surface area (Å²) < 4.78 is 26.6. The second kappa shape index (κ2) is 5.26. The Hall–Kier alpha value is -0.860. The molecule has 104 valence electrons. The molecule has 0 aromatic carbocycles. The molecule has 2 rings (SSSR count). The lowest BCUT2D eigenvalue weighted by atomic mass is 10.3. The molecule has 0 N–H and O–H groups in total. The van der Waals surface area contributed by atoms with Crippen LogP contribution in [-0.4, -0.2) is 28.0 Å². The molecular formula is C10H12BrClN4O2S. The summed E-state index contributed by atoms with van der Waals surface area (Å²) in [5.74, 6) is 0. The average molecular weight is 368 g/mol. The fourth-order valence-electron chi connectivity index (χ4n) is 1.73. The zero-order valence-corrected chi connectivity index (χ0v) is 13.5. The Kier molecular flexibility index (Phi) is 4.03. The molecule has 0 fully saturated rings. The molecule has 19 heavy (non-hydrogen) atoms. The quantitative estimate of drug-likeness (QED) is 0.776. The van der Waals surface area contributed by atoms with Gasteiger partial charge in [0, 0.05) is 23.4 Å². The van der Waals surface area contributed by atoms with E-state index in [0.29, 0.717) is 6.54 Å². The van der Waals surface area contributed by atoms with Gasteiger partial charge in [-0.25, -0.2) is 8.42 Å². The Labute approximate surface area is 123 Å². The molecule has 2 aromatic rings. The van der Waals surface area contributed by atoms with Crippen molar-refractivity contribution in [2.45, 2.75) is 31.8 Å². The van der Waals surface area contributed by atoms with E-state index in [9.17, 15) is 8.42 Å². The molecule has 0 spiro atoms. The first-order valence-electron chi connectivity index (χ1n) is 5.51. The van der Waals surface area contributed by atoms with Gasteiger partial charge in [-0.15, -0.1) is 0 Å². The summed E-state index contributed by atoms with van der Waals surface area (Å²) in [5.41, 5.74) is 1.82. The summed E-state index contributed by atoms with van der Waals surface area (Å²) in [6.07, 6.45) is 2.63. The number of halogens is 2. The van der Waals surface area contributed by atoms with Gasteiger partial charge in [0.2, 0.25) is 0 Å². The van der Waals surface area contributed by atoms with E-state index in [-0.39, 0.29) is 4.90 Å². The molecule has 0 aliphatic rings. The Morgan fingerprint density at radius 2 is 2.16 bits per heavy atom. The Balaban J connectivity index is 2.34. The number of nitrogens with zero attached hydrogens (tertiary/aromatic N) is 4. The molecule has 0 aliphatic heterocycles. The molecule has 0 unspecified atom stereocenters. The summed E-state index contributed by atoms with van der Waals surface area (Å²) in [7, 11) is 1.52. The van der Waals surface area contributed by atoms with Gasteiger partial charge in [-0.05, 0) is 29.8 Å². The lowest BCUT2D eigenvalue weighted by molar-refractivity contribution is 0.573. The fourth-order valence-corrected chi connectivity index (χ4v) is 2.80. The van der Waals surface area contributed by atoms with Gasteiger partial charge in [-0.3, -0.25) is 9.36 Å². The highest BCUT2D eigenvalue weighted by molar-refractivity contribution is 9.10. The van der Waals surface area contributed by atoms with Gasteiger partial charge < -0.3 is 0 Å². The molecule has 0 atom stereocenters. The van der Waals surface area contributed by atoms with Gasteiger partial charge in [0.05, 0.1) is 28.6 Å². The van der Waals surface area contributed by atoms with Crippen molar-refractivity contribution < 1.29 is 8.42 Å². The molecular weight excluding hydrogens is 356 g/mol. The SMILES string of the molecule is CCn1nc(C)c(Br)c1Cn1cc(S(=O)(=O)Cl)cn1. The summed E-state index contributed by atoms with van der Waals surface area (Å²) in [5, 5.41) is 8.36. The van der Waals surface area contributed by atoms with E-state index in [2.05, 4.69) is 26.1 Å². The topological polar surface area (TPSA) is 69.8 Å². The summed E-state index contributed by atoms with van der Waals surface area (Å²) in [6.45, 7) is 5.03. The van der Waals surface area contributed by atoms with Crippen molar-refractivity contribution in [1.82, 2.24) is 19.6 Å². The molecule has 2 aromatic heterocycles. The van der Waals surface area contributed by atoms with Crippen LogP contribution in [0.15, 0.2) is 21.8 Å². The molecule has 2 heterocycles. The van der Waals surface area contributed by atoms with E-state index in [1.54, 1.807) is 0 Å². The summed E-state index contributed by atoms with van der Waals surface area (Å²) in [6, 6.07) is 0. The van der Waals surface area contributed by atoms with Gasteiger partial charge >= 0.3 is 0 Å². The maximum Gasteiger partial charge on any atom is 0.264 e. The Morgan fingerprint density at radius 3 is 2.68 bits per heavy atom. The maximum atomic E-state index is 11.2. The first-order chi connectivity index (χ1) is 8.82. The number of aryl methyl sites for hydroxylation is 2. The minimum absolute atomic E-state index is 0.00965. The van der Waals surface area contributed by atoms with Crippen molar-refractivity contribution in [3.8, 4) is 0 Å². The van der Waals surface area contributed by atoms with E-state index >= 15 is 0 Å².